The van der Waals surface area contributed by atoms with Crippen LogP contribution in [0, 0.1) is 5.92 Å². The molecule has 0 radical (unpaired) electrons. The number of hydrogen-bond acceptors (Lipinski definition) is 3. The fourth-order valence-corrected chi connectivity index (χ4v) is 4.01. The van der Waals surface area contributed by atoms with Crippen LogP contribution in [0.1, 0.15) is 32.6 Å². The number of likely N-dealkylation sites (tertiary alicyclic amines) is 1. The number of nitrogens with two attached hydrogens (primary N) is 1. The fourth-order valence-electron chi connectivity index (χ4n) is 4.01. The molecular formula is C21H36IN5. The first-order valence-electron chi connectivity index (χ1n) is 10.3. The van der Waals surface area contributed by atoms with Gasteiger partial charge < -0.3 is 15.5 Å². The highest BCUT2D eigenvalue weighted by Crippen LogP contribution is 2.16. The van der Waals surface area contributed by atoms with Gasteiger partial charge in [0.15, 0.2) is 5.96 Å². The Labute approximate surface area is 182 Å². The highest BCUT2D eigenvalue weighted by atomic mass is 127. The minimum atomic E-state index is 0. The smallest absolute Gasteiger partial charge is 0.191 e. The largest absolute Gasteiger partial charge is 0.370 e. The van der Waals surface area contributed by atoms with Crippen molar-refractivity contribution in [3.63, 3.8) is 0 Å². The molecule has 27 heavy (non-hydrogen) atoms. The molecule has 152 valence electrons. The number of piperidine rings is 1. The van der Waals surface area contributed by atoms with Gasteiger partial charge in [-0.1, -0.05) is 25.1 Å². The molecule has 0 aliphatic carbocycles. The summed E-state index contributed by atoms with van der Waals surface area (Å²) in [6.07, 6.45) is 4.90. The first-order valence-corrected chi connectivity index (χ1v) is 10.3. The lowest BCUT2D eigenvalue weighted by molar-refractivity contribution is 0.253. The summed E-state index contributed by atoms with van der Waals surface area (Å²) >= 11 is 0. The maximum Gasteiger partial charge on any atom is 0.191 e. The van der Waals surface area contributed by atoms with Crippen molar-refractivity contribution in [2.75, 3.05) is 57.3 Å². The number of nitrogens with zero attached hydrogens (tertiary/aromatic N) is 4. The van der Waals surface area contributed by atoms with Crippen molar-refractivity contribution in [3.05, 3.63) is 30.3 Å². The van der Waals surface area contributed by atoms with Gasteiger partial charge in [0.1, 0.15) is 0 Å². The topological polar surface area (TPSA) is 48.1 Å². The summed E-state index contributed by atoms with van der Waals surface area (Å²) in [5, 5.41) is 0. The zero-order valence-corrected chi connectivity index (χ0v) is 19.1. The van der Waals surface area contributed by atoms with E-state index in [9.17, 15) is 0 Å². The van der Waals surface area contributed by atoms with Gasteiger partial charge in [-0.3, -0.25) is 9.89 Å². The van der Waals surface area contributed by atoms with E-state index in [1.54, 1.807) is 0 Å². The number of benzene rings is 1. The average Bonchev–Trinajstić information content (AvgIpc) is 2.69. The van der Waals surface area contributed by atoms with E-state index in [0.717, 1.165) is 64.1 Å². The summed E-state index contributed by atoms with van der Waals surface area (Å²) < 4.78 is 0. The van der Waals surface area contributed by atoms with E-state index < -0.39 is 0 Å². The maximum absolute atomic E-state index is 6.17. The molecule has 1 atom stereocenters. The summed E-state index contributed by atoms with van der Waals surface area (Å²) in [5.41, 5.74) is 7.52. The molecular weight excluding hydrogens is 449 g/mol. The predicted octanol–water partition coefficient (Wildman–Crippen LogP) is 3.25. The number of guanidine groups is 1. The van der Waals surface area contributed by atoms with Crippen LogP contribution in [0.15, 0.2) is 35.3 Å². The van der Waals surface area contributed by atoms with Crippen LogP contribution in [0.2, 0.25) is 0 Å². The molecule has 6 heteroatoms. The minimum absolute atomic E-state index is 0. The zero-order valence-electron chi connectivity index (χ0n) is 16.7. The monoisotopic (exact) mass is 485 g/mol. The predicted molar refractivity (Wildman–Crippen MR) is 126 cm³/mol. The number of anilines is 1. The maximum atomic E-state index is 6.17. The van der Waals surface area contributed by atoms with Crippen LogP contribution in [-0.4, -0.2) is 68.1 Å². The SMILES string of the molecule is CC1CCCN(C(N)=NCCCCN2CCN(c3ccccc3)CC2)C1.I. The van der Waals surface area contributed by atoms with E-state index >= 15 is 0 Å². The molecule has 0 amide bonds. The van der Waals surface area contributed by atoms with Crippen molar-refractivity contribution >= 4 is 35.6 Å². The lowest BCUT2D eigenvalue weighted by atomic mass is 10.0. The number of piperazine rings is 1. The third-order valence-corrected chi connectivity index (χ3v) is 5.63. The Hall–Kier alpha value is -1.02. The van der Waals surface area contributed by atoms with Gasteiger partial charge in [-0.15, -0.1) is 24.0 Å². The minimum Gasteiger partial charge on any atom is -0.370 e. The van der Waals surface area contributed by atoms with Gasteiger partial charge in [0.2, 0.25) is 0 Å². The highest BCUT2D eigenvalue weighted by molar-refractivity contribution is 14.0. The lowest BCUT2D eigenvalue weighted by Gasteiger charge is -2.36. The number of unbranched alkanes of at least 4 members (excludes halogenated alkanes) is 1. The van der Waals surface area contributed by atoms with E-state index in [1.807, 2.05) is 0 Å². The lowest BCUT2D eigenvalue weighted by Crippen LogP contribution is -2.46. The standard InChI is InChI=1S/C21H35N5.HI/c1-19-8-7-13-26(18-19)21(22)23-11-5-6-12-24-14-16-25(17-15-24)20-9-3-2-4-10-20;/h2-4,9-10,19H,5-8,11-18H2,1H3,(H2,22,23);1H. The first-order chi connectivity index (χ1) is 12.7. The van der Waals surface area contributed by atoms with E-state index in [-0.39, 0.29) is 24.0 Å². The molecule has 0 saturated carbocycles. The Kier molecular flexibility index (Phi) is 9.68. The number of para-hydroxylation sites is 1. The highest BCUT2D eigenvalue weighted by Gasteiger charge is 2.18. The molecule has 1 aromatic rings. The van der Waals surface area contributed by atoms with Gasteiger partial charge >= 0.3 is 0 Å². The summed E-state index contributed by atoms with van der Waals surface area (Å²) in [7, 11) is 0. The van der Waals surface area contributed by atoms with Crippen molar-refractivity contribution in [1.82, 2.24) is 9.80 Å². The molecule has 5 nitrogen and oxygen atoms in total. The first kappa shape index (κ1) is 22.3. The van der Waals surface area contributed by atoms with Gasteiger partial charge in [0.05, 0.1) is 0 Å². The molecule has 1 aromatic carbocycles. The van der Waals surface area contributed by atoms with Crippen molar-refractivity contribution < 1.29 is 0 Å². The van der Waals surface area contributed by atoms with Crippen LogP contribution in [-0.2, 0) is 0 Å². The van der Waals surface area contributed by atoms with Crippen LogP contribution in [0.4, 0.5) is 5.69 Å². The van der Waals surface area contributed by atoms with Crippen LogP contribution in [0.3, 0.4) is 0 Å². The Balaban J connectivity index is 0.00000261. The second kappa shape index (κ2) is 11.7. The van der Waals surface area contributed by atoms with Gasteiger partial charge in [-0.25, -0.2) is 0 Å². The average molecular weight is 485 g/mol. The van der Waals surface area contributed by atoms with Crippen LogP contribution < -0.4 is 10.6 Å². The van der Waals surface area contributed by atoms with Gasteiger partial charge in [0.25, 0.3) is 0 Å². The normalized spacial score (nSPS) is 21.8. The molecule has 0 bridgehead atoms. The second-order valence-electron chi connectivity index (χ2n) is 7.80. The Bertz CT molecular complexity index is 557. The fraction of sp³-hybridized carbons (Fsp3) is 0.667. The number of rotatable bonds is 6. The number of hydrogen-bond donors (Lipinski definition) is 1. The summed E-state index contributed by atoms with van der Waals surface area (Å²) in [4.78, 5) is 11.9. The van der Waals surface area contributed by atoms with Crippen molar-refractivity contribution in [1.29, 1.82) is 0 Å². The van der Waals surface area contributed by atoms with E-state index in [4.69, 9.17) is 5.73 Å². The van der Waals surface area contributed by atoms with Gasteiger partial charge in [0, 0.05) is 51.5 Å². The Morgan fingerprint density at radius 1 is 1.07 bits per heavy atom. The molecule has 0 spiro atoms. The molecule has 1 unspecified atom stereocenters. The number of aliphatic imine (C=N–C) groups is 1. The Morgan fingerprint density at radius 2 is 1.81 bits per heavy atom. The molecule has 2 fully saturated rings. The molecule has 3 rings (SSSR count). The molecule has 2 aliphatic rings. The van der Waals surface area contributed by atoms with Crippen LogP contribution in [0.5, 0.6) is 0 Å². The summed E-state index contributed by atoms with van der Waals surface area (Å²) in [5.74, 6) is 1.50. The molecule has 2 N–H and O–H groups in total. The molecule has 2 heterocycles. The Morgan fingerprint density at radius 3 is 2.52 bits per heavy atom. The van der Waals surface area contributed by atoms with Gasteiger partial charge in [-0.2, -0.15) is 0 Å². The summed E-state index contributed by atoms with van der Waals surface area (Å²) in [6, 6.07) is 10.8. The molecule has 2 saturated heterocycles. The van der Waals surface area contributed by atoms with E-state index in [1.165, 1.54) is 31.5 Å². The van der Waals surface area contributed by atoms with Crippen LogP contribution in [0.25, 0.3) is 0 Å². The molecule has 0 aromatic heterocycles. The van der Waals surface area contributed by atoms with E-state index in [0.29, 0.717) is 0 Å². The third kappa shape index (κ3) is 7.14. The van der Waals surface area contributed by atoms with Crippen molar-refractivity contribution in [2.24, 2.45) is 16.6 Å². The van der Waals surface area contributed by atoms with Crippen molar-refractivity contribution in [3.8, 4) is 0 Å². The second-order valence-corrected chi connectivity index (χ2v) is 7.80. The van der Waals surface area contributed by atoms with E-state index in [2.05, 4.69) is 56.9 Å². The van der Waals surface area contributed by atoms with Gasteiger partial charge in [-0.05, 0) is 50.3 Å². The number of halogens is 1. The quantitative estimate of drug-likeness (QED) is 0.291. The van der Waals surface area contributed by atoms with Crippen molar-refractivity contribution in [2.45, 2.75) is 32.6 Å². The summed E-state index contributed by atoms with van der Waals surface area (Å²) in [6.45, 7) is 11.1. The molecule has 2 aliphatic heterocycles. The third-order valence-electron chi connectivity index (χ3n) is 5.63. The van der Waals surface area contributed by atoms with Crippen LogP contribution >= 0.6 is 24.0 Å². The zero-order chi connectivity index (χ0) is 18.2.